The molecule has 4 nitrogen and oxygen atoms in total. The molecule has 3 aliphatic heterocycles. The second-order valence-electron chi connectivity index (χ2n) is 4.86. The third-order valence-electron chi connectivity index (χ3n) is 3.82. The van der Waals surface area contributed by atoms with Crippen LogP contribution in [0.25, 0.3) is 0 Å². The molecular weight excluding hydrogens is 283 g/mol. The number of fused-ring (bicyclic) bond motifs is 5. The van der Waals surface area contributed by atoms with Crippen LogP contribution in [0.2, 0.25) is 0 Å². The van der Waals surface area contributed by atoms with Crippen LogP contribution in [0.3, 0.4) is 0 Å². The molecule has 5 heteroatoms. The molecule has 2 fully saturated rings. The third-order valence-corrected chi connectivity index (χ3v) is 3.82. The van der Waals surface area contributed by atoms with Gasteiger partial charge in [0.05, 0.1) is 23.0 Å². The van der Waals surface area contributed by atoms with Crippen molar-refractivity contribution in [1.82, 2.24) is 4.90 Å². The minimum Gasteiger partial charge on any atom is -0.437 e. The van der Waals surface area contributed by atoms with Gasteiger partial charge in [0.25, 0.3) is 0 Å². The maximum atomic E-state index is 11.9. The van der Waals surface area contributed by atoms with Gasteiger partial charge < -0.3 is 9.64 Å². The zero-order chi connectivity index (χ0) is 11.0. The van der Waals surface area contributed by atoms with Gasteiger partial charge in [0.2, 0.25) is 11.8 Å². The molecule has 3 heterocycles. The molecule has 16 heavy (non-hydrogen) atoms. The molecule has 2 amide bonds. The molecule has 0 unspecified atom stereocenters. The van der Waals surface area contributed by atoms with Gasteiger partial charge in [0, 0.05) is 32.7 Å². The molecule has 2 bridgehead atoms. The largest absolute Gasteiger partial charge is 0.437 e. The predicted octanol–water partition coefficient (Wildman–Crippen LogP) is 0.494. The number of carbonyl (C=O) groups excluding carboxylic acids is 2. The Kier molecular flexibility index (Phi) is 2.51. The van der Waals surface area contributed by atoms with E-state index in [1.54, 1.807) is 0 Å². The quantitative estimate of drug-likeness (QED) is 0.371. The van der Waals surface area contributed by atoms with Crippen LogP contribution < -0.4 is 0 Å². The number of ether oxygens (including phenoxy) is 1. The zero-order valence-corrected chi connectivity index (χ0v) is 12.1. The Morgan fingerprint density at radius 1 is 1.19 bits per heavy atom. The van der Waals surface area contributed by atoms with Crippen molar-refractivity contribution in [3.05, 3.63) is 19.2 Å². The average Bonchev–Trinajstić information content (AvgIpc) is 2.67. The summed E-state index contributed by atoms with van der Waals surface area (Å²) in [6, 6.07) is 0. The van der Waals surface area contributed by atoms with Gasteiger partial charge in [-0.05, 0) is 13.8 Å². The van der Waals surface area contributed by atoms with Gasteiger partial charge in [-0.3, -0.25) is 9.59 Å². The Balaban J connectivity index is 0.000000963. The maximum Gasteiger partial charge on any atom is 0.206 e. The van der Waals surface area contributed by atoms with Gasteiger partial charge in [-0.2, -0.15) is 0 Å². The van der Waals surface area contributed by atoms with Crippen LogP contribution in [-0.2, 0) is 47.0 Å². The van der Waals surface area contributed by atoms with E-state index in [1.807, 2.05) is 26.0 Å². The number of nitrogens with zero attached hydrogens (tertiary/aromatic N) is 1. The Hall–Kier alpha value is -0.0561. The number of amides is 2. The number of likely N-dealkylation sites (tertiary alicyclic amines) is 1. The predicted molar refractivity (Wildman–Crippen MR) is 51.2 cm³/mol. The van der Waals surface area contributed by atoms with Crippen molar-refractivity contribution >= 4 is 11.8 Å². The Bertz CT molecular complexity index is 385. The van der Waals surface area contributed by atoms with E-state index < -0.39 is 23.0 Å². The van der Waals surface area contributed by atoms with Crippen LogP contribution in [0.5, 0.6) is 0 Å². The van der Waals surface area contributed by atoms with Gasteiger partial charge in [0.15, 0.2) is 0 Å². The summed E-state index contributed by atoms with van der Waals surface area (Å²) in [4.78, 5) is 24.7. The van der Waals surface area contributed by atoms with Crippen molar-refractivity contribution in [3.63, 3.8) is 0 Å². The third kappa shape index (κ3) is 1.16. The van der Waals surface area contributed by atoms with Crippen LogP contribution in [0.1, 0.15) is 13.8 Å². The molecule has 0 saturated carbocycles. The number of carbonyl (C=O) groups is 2. The van der Waals surface area contributed by atoms with Crippen molar-refractivity contribution in [3.8, 4) is 0 Å². The summed E-state index contributed by atoms with van der Waals surface area (Å²) in [5, 5.41) is 0. The van der Waals surface area contributed by atoms with Crippen molar-refractivity contribution in [2.45, 2.75) is 25.0 Å². The smallest absolute Gasteiger partial charge is 0.206 e. The van der Waals surface area contributed by atoms with Crippen molar-refractivity contribution < 1.29 is 47.0 Å². The van der Waals surface area contributed by atoms with E-state index in [1.165, 1.54) is 0 Å². The van der Waals surface area contributed by atoms with Gasteiger partial charge >= 0.3 is 0 Å². The molecule has 4 atom stereocenters. The Morgan fingerprint density at radius 3 is 1.94 bits per heavy atom. The van der Waals surface area contributed by atoms with Crippen molar-refractivity contribution in [1.29, 1.82) is 0 Å². The van der Waals surface area contributed by atoms with E-state index >= 15 is 0 Å². The van der Waals surface area contributed by atoms with Crippen molar-refractivity contribution in [2.24, 2.45) is 11.8 Å². The summed E-state index contributed by atoms with van der Waals surface area (Å²) in [5.74, 6) is -1.23. The van der Waals surface area contributed by atoms with Gasteiger partial charge in [0.1, 0.15) is 0 Å². The summed E-state index contributed by atoms with van der Waals surface area (Å²) in [7, 11) is 3.49. The molecule has 0 spiro atoms. The number of imide groups is 1. The van der Waals surface area contributed by atoms with Crippen LogP contribution in [0.4, 0.5) is 0 Å². The minimum atomic E-state index is -0.626. The fraction of sp³-hybridized carbons (Fsp3) is 0.545. The van der Waals surface area contributed by atoms with Gasteiger partial charge in [-0.15, -0.1) is 0 Å². The molecule has 0 aliphatic carbocycles. The second kappa shape index (κ2) is 3.24. The first-order valence-electron chi connectivity index (χ1n) is 4.98. The monoisotopic (exact) mass is 295 g/mol. The SMILES string of the molecule is [CH2-]N1C(=O)[C@@H]2[C@H](C1=O)[C@@]1(C)C=C[C@]2(C)O1.[Y]. The van der Waals surface area contributed by atoms with E-state index in [2.05, 4.69) is 7.05 Å². The normalized spacial score (nSPS) is 48.6. The Labute approximate surface area is 119 Å². The molecule has 83 valence electrons. The first-order valence-corrected chi connectivity index (χ1v) is 4.98. The van der Waals surface area contributed by atoms with Crippen LogP contribution in [0, 0.1) is 18.9 Å². The minimum absolute atomic E-state index is 0. The molecule has 2 saturated heterocycles. The van der Waals surface area contributed by atoms with Crippen LogP contribution in [0.15, 0.2) is 12.2 Å². The molecule has 3 rings (SSSR count). The molecule has 0 N–H and O–H groups in total. The van der Waals surface area contributed by atoms with E-state index in [4.69, 9.17) is 4.74 Å². The topological polar surface area (TPSA) is 46.6 Å². The Morgan fingerprint density at radius 2 is 1.56 bits per heavy atom. The summed E-state index contributed by atoms with van der Waals surface area (Å²) < 4.78 is 5.80. The number of hydrogen-bond acceptors (Lipinski definition) is 3. The first kappa shape index (κ1) is 12.4. The summed E-state index contributed by atoms with van der Waals surface area (Å²) in [6.07, 6.45) is 3.77. The fourth-order valence-electron chi connectivity index (χ4n) is 3.09. The zero-order valence-electron chi connectivity index (χ0n) is 9.27. The summed E-state index contributed by atoms with van der Waals surface area (Å²) in [6.45, 7) is 3.70. The van der Waals surface area contributed by atoms with Gasteiger partial charge in [-0.25, -0.2) is 7.05 Å². The number of rotatable bonds is 0. The fourth-order valence-corrected chi connectivity index (χ4v) is 3.09. The van der Waals surface area contributed by atoms with E-state index in [0.29, 0.717) is 0 Å². The van der Waals surface area contributed by atoms with Gasteiger partial charge in [-0.1, -0.05) is 12.2 Å². The van der Waals surface area contributed by atoms with E-state index in [9.17, 15) is 9.59 Å². The summed E-state index contributed by atoms with van der Waals surface area (Å²) >= 11 is 0. The van der Waals surface area contributed by atoms with Crippen LogP contribution >= 0.6 is 0 Å². The molecule has 0 aromatic heterocycles. The van der Waals surface area contributed by atoms with Crippen molar-refractivity contribution in [2.75, 3.05) is 0 Å². The standard InChI is InChI=1S/C11H12NO3.Y/c1-10-4-5-11(2,15-10)7-6(10)8(13)12(3)9(7)14;/h4-7H,3H2,1-2H3;/q-1;/t6-,7+,10-,11+;. The maximum absolute atomic E-state index is 11.9. The average molecular weight is 295 g/mol. The molecule has 3 aliphatic rings. The molecular formula is C11H12NO3Y-. The molecule has 1 radical (unpaired) electrons. The van der Waals surface area contributed by atoms with E-state index in [0.717, 1.165) is 4.90 Å². The second-order valence-corrected chi connectivity index (χ2v) is 4.86. The molecule has 0 aromatic carbocycles. The first-order chi connectivity index (χ1) is 6.89. The van der Waals surface area contributed by atoms with Crippen LogP contribution in [-0.4, -0.2) is 27.9 Å². The molecule has 0 aromatic rings. The summed E-state index contributed by atoms with van der Waals surface area (Å²) in [5.41, 5.74) is -1.25. The number of hydrogen-bond donors (Lipinski definition) is 0. The van der Waals surface area contributed by atoms with E-state index in [-0.39, 0.29) is 44.5 Å².